The molecule has 0 aromatic heterocycles. The number of carbonyl (C=O) groups is 2. The summed E-state index contributed by atoms with van der Waals surface area (Å²) in [5, 5.41) is 3.24. The Morgan fingerprint density at radius 1 is 1.03 bits per heavy atom. The van der Waals surface area contributed by atoms with E-state index in [2.05, 4.69) is 37.4 Å². The molecule has 2 aromatic rings. The summed E-state index contributed by atoms with van der Waals surface area (Å²) in [6, 6.07) is 14.0. The van der Waals surface area contributed by atoms with E-state index in [1.54, 1.807) is 23.8 Å². The molecule has 0 aliphatic heterocycles. The molecule has 2 aromatic carbocycles. The Morgan fingerprint density at radius 3 is 2.29 bits per heavy atom. The first-order chi connectivity index (χ1) is 16.9. The van der Waals surface area contributed by atoms with E-state index in [0.29, 0.717) is 18.7 Å². The molecule has 1 aliphatic rings. The molecule has 1 fully saturated rings. The van der Waals surface area contributed by atoms with Gasteiger partial charge in [0.15, 0.2) is 0 Å². The highest BCUT2D eigenvalue weighted by atomic mass is 32.2. The van der Waals surface area contributed by atoms with Gasteiger partial charge in [0.05, 0.1) is 12.9 Å². The van der Waals surface area contributed by atoms with E-state index in [-0.39, 0.29) is 17.9 Å². The molecule has 1 atom stereocenters. The van der Waals surface area contributed by atoms with Crippen LogP contribution < -0.4 is 10.1 Å². The van der Waals surface area contributed by atoms with Gasteiger partial charge in [0.1, 0.15) is 11.8 Å². The Balaban J connectivity index is 1.71. The number of nitrogens with one attached hydrogen (secondary N) is 1. The second-order valence-corrected chi connectivity index (χ2v) is 10.6. The molecule has 1 aliphatic carbocycles. The van der Waals surface area contributed by atoms with Crippen molar-refractivity contribution in [2.24, 2.45) is 0 Å². The maximum atomic E-state index is 13.5. The van der Waals surface area contributed by atoms with Crippen molar-refractivity contribution in [3.8, 4) is 5.75 Å². The number of aryl methyl sites for hydroxylation is 2. The van der Waals surface area contributed by atoms with Gasteiger partial charge in [0.25, 0.3) is 0 Å². The molecule has 0 radical (unpaired) electrons. The highest BCUT2D eigenvalue weighted by Crippen LogP contribution is 2.22. The number of nitrogens with zero attached hydrogens (tertiary/aromatic N) is 1. The first-order valence-electron chi connectivity index (χ1n) is 12.8. The lowest BCUT2D eigenvalue weighted by molar-refractivity contribution is -0.139. The monoisotopic (exact) mass is 496 g/mol. The molecule has 1 saturated carbocycles. The molecule has 0 heterocycles. The minimum Gasteiger partial charge on any atom is -0.497 e. The van der Waals surface area contributed by atoms with E-state index in [0.717, 1.165) is 42.7 Å². The summed E-state index contributed by atoms with van der Waals surface area (Å²) < 4.78 is 5.28. The molecule has 35 heavy (non-hydrogen) atoms. The maximum absolute atomic E-state index is 13.5. The summed E-state index contributed by atoms with van der Waals surface area (Å²) in [4.78, 5) is 28.6. The van der Waals surface area contributed by atoms with Gasteiger partial charge in [-0.25, -0.2) is 0 Å². The molecular weight excluding hydrogens is 456 g/mol. The lowest BCUT2D eigenvalue weighted by Gasteiger charge is -2.32. The van der Waals surface area contributed by atoms with Crippen molar-refractivity contribution in [3.05, 3.63) is 64.7 Å². The minimum absolute atomic E-state index is 0.000775. The SMILES string of the molecule is CC[C@H](C(=O)NC1CCCCC1)N(Cc1ccc(OC)cc1)C(=O)CSCc1cc(C)cc(C)c1. The second kappa shape index (κ2) is 13.6. The number of thioether (sulfide) groups is 1. The summed E-state index contributed by atoms with van der Waals surface area (Å²) in [5.74, 6) is 1.87. The number of ether oxygens (including phenoxy) is 1. The van der Waals surface area contributed by atoms with Gasteiger partial charge in [-0.15, -0.1) is 11.8 Å². The normalized spacial score (nSPS) is 14.9. The first-order valence-corrected chi connectivity index (χ1v) is 13.9. The molecule has 5 nitrogen and oxygen atoms in total. The zero-order chi connectivity index (χ0) is 25.2. The number of benzene rings is 2. The average molecular weight is 497 g/mol. The fourth-order valence-electron chi connectivity index (χ4n) is 4.88. The summed E-state index contributed by atoms with van der Waals surface area (Å²) in [7, 11) is 1.64. The number of carbonyl (C=O) groups excluding carboxylic acids is 2. The van der Waals surface area contributed by atoms with Crippen LogP contribution in [0.4, 0.5) is 0 Å². The van der Waals surface area contributed by atoms with Crippen LogP contribution in [0.2, 0.25) is 0 Å². The fourth-order valence-corrected chi connectivity index (χ4v) is 5.73. The van der Waals surface area contributed by atoms with Crippen LogP contribution in [0.15, 0.2) is 42.5 Å². The highest BCUT2D eigenvalue weighted by Gasteiger charge is 2.30. The number of methoxy groups -OCH3 is 1. The second-order valence-electron chi connectivity index (χ2n) is 9.63. The van der Waals surface area contributed by atoms with E-state index in [1.807, 2.05) is 31.2 Å². The number of amides is 2. The molecule has 0 unspecified atom stereocenters. The molecule has 0 saturated heterocycles. The summed E-state index contributed by atoms with van der Waals surface area (Å²) in [6.45, 7) is 6.59. The predicted octanol–water partition coefficient (Wildman–Crippen LogP) is 5.80. The molecule has 1 N–H and O–H groups in total. The number of hydrogen-bond donors (Lipinski definition) is 1. The minimum atomic E-state index is -0.478. The predicted molar refractivity (Wildman–Crippen MR) is 145 cm³/mol. The third-order valence-corrected chi connectivity index (χ3v) is 7.61. The molecule has 0 bridgehead atoms. The van der Waals surface area contributed by atoms with Gasteiger partial charge in [-0.05, 0) is 56.4 Å². The third kappa shape index (κ3) is 8.31. The lowest BCUT2D eigenvalue weighted by atomic mass is 9.95. The van der Waals surface area contributed by atoms with Crippen LogP contribution in [0, 0.1) is 13.8 Å². The first kappa shape index (κ1) is 27.1. The van der Waals surface area contributed by atoms with Gasteiger partial charge >= 0.3 is 0 Å². The van der Waals surface area contributed by atoms with Crippen molar-refractivity contribution in [1.82, 2.24) is 10.2 Å². The maximum Gasteiger partial charge on any atom is 0.243 e. The average Bonchev–Trinajstić information content (AvgIpc) is 2.84. The smallest absolute Gasteiger partial charge is 0.243 e. The summed E-state index contributed by atoms with van der Waals surface area (Å²) in [5.41, 5.74) is 4.68. The highest BCUT2D eigenvalue weighted by molar-refractivity contribution is 7.99. The molecule has 6 heteroatoms. The van der Waals surface area contributed by atoms with Gasteiger partial charge in [0, 0.05) is 18.3 Å². The van der Waals surface area contributed by atoms with E-state index in [4.69, 9.17) is 4.74 Å². The molecule has 2 amide bonds. The van der Waals surface area contributed by atoms with Crippen LogP contribution in [0.25, 0.3) is 0 Å². The van der Waals surface area contributed by atoms with Crippen LogP contribution in [-0.2, 0) is 21.9 Å². The van der Waals surface area contributed by atoms with E-state index < -0.39 is 6.04 Å². The van der Waals surface area contributed by atoms with Crippen LogP contribution in [0.1, 0.15) is 67.7 Å². The number of hydrogen-bond acceptors (Lipinski definition) is 4. The zero-order valence-electron chi connectivity index (χ0n) is 21.6. The van der Waals surface area contributed by atoms with Crippen LogP contribution in [0.3, 0.4) is 0 Å². The Morgan fingerprint density at radius 2 is 1.69 bits per heavy atom. The standard InChI is InChI=1S/C29H40N2O3S/c1-5-27(29(33)30-25-9-7-6-8-10-25)31(18-23-11-13-26(34-4)14-12-23)28(32)20-35-19-24-16-21(2)15-22(3)17-24/h11-17,25,27H,5-10,18-20H2,1-4H3,(H,30,33)/t27-/m1/s1. The largest absolute Gasteiger partial charge is 0.497 e. The Kier molecular flexibility index (Phi) is 10.5. The topological polar surface area (TPSA) is 58.6 Å². The quantitative estimate of drug-likeness (QED) is 0.427. The van der Waals surface area contributed by atoms with Crippen molar-refractivity contribution >= 4 is 23.6 Å². The van der Waals surface area contributed by atoms with Crippen molar-refractivity contribution < 1.29 is 14.3 Å². The summed E-state index contributed by atoms with van der Waals surface area (Å²) >= 11 is 1.61. The van der Waals surface area contributed by atoms with Crippen molar-refractivity contribution in [2.75, 3.05) is 12.9 Å². The summed E-state index contributed by atoms with van der Waals surface area (Å²) in [6.07, 6.45) is 6.20. The van der Waals surface area contributed by atoms with Crippen molar-refractivity contribution in [2.45, 2.75) is 83.7 Å². The molecule has 0 spiro atoms. The zero-order valence-corrected chi connectivity index (χ0v) is 22.5. The van der Waals surface area contributed by atoms with E-state index >= 15 is 0 Å². The molecule has 3 rings (SSSR count). The van der Waals surface area contributed by atoms with Gasteiger partial charge in [-0.3, -0.25) is 9.59 Å². The van der Waals surface area contributed by atoms with Gasteiger partial charge in [-0.2, -0.15) is 0 Å². The van der Waals surface area contributed by atoms with Gasteiger partial charge in [-0.1, -0.05) is 67.6 Å². The molecular formula is C29H40N2O3S. The number of rotatable bonds is 11. The van der Waals surface area contributed by atoms with Gasteiger partial charge < -0.3 is 15.0 Å². The van der Waals surface area contributed by atoms with E-state index in [1.165, 1.54) is 23.1 Å². The van der Waals surface area contributed by atoms with Crippen molar-refractivity contribution in [3.63, 3.8) is 0 Å². The molecule has 190 valence electrons. The van der Waals surface area contributed by atoms with Crippen LogP contribution >= 0.6 is 11.8 Å². The van der Waals surface area contributed by atoms with E-state index in [9.17, 15) is 9.59 Å². The Bertz CT molecular complexity index is 950. The van der Waals surface area contributed by atoms with Crippen molar-refractivity contribution in [1.29, 1.82) is 0 Å². The lowest BCUT2D eigenvalue weighted by Crippen LogP contribution is -2.52. The Hall–Kier alpha value is -2.47. The third-order valence-electron chi connectivity index (χ3n) is 6.63. The fraction of sp³-hybridized carbons (Fsp3) is 0.517. The van der Waals surface area contributed by atoms with Crippen LogP contribution in [0.5, 0.6) is 5.75 Å². The van der Waals surface area contributed by atoms with Crippen LogP contribution in [-0.4, -0.2) is 41.7 Å². The Labute approximate surface area is 215 Å². The van der Waals surface area contributed by atoms with Gasteiger partial charge in [0.2, 0.25) is 11.8 Å².